The molecule has 1 aromatic heterocycles. The Balaban J connectivity index is 2.36. The molecule has 1 aromatic carbocycles. The van der Waals surface area contributed by atoms with Gasteiger partial charge in [0.1, 0.15) is 5.75 Å². The van der Waals surface area contributed by atoms with Gasteiger partial charge < -0.3 is 5.11 Å². The first-order chi connectivity index (χ1) is 7.77. The van der Waals surface area contributed by atoms with Crippen LogP contribution in [0.2, 0.25) is 0 Å². The summed E-state index contributed by atoms with van der Waals surface area (Å²) in [6.45, 7) is 1.94. The zero-order valence-electron chi connectivity index (χ0n) is 8.96. The molecule has 3 nitrogen and oxygen atoms in total. The number of aromatic hydroxyl groups is 1. The van der Waals surface area contributed by atoms with Crippen LogP contribution in [-0.4, -0.2) is 15.1 Å². The first-order valence-electron chi connectivity index (χ1n) is 5.00. The van der Waals surface area contributed by atoms with Crippen molar-refractivity contribution in [1.29, 1.82) is 0 Å². The predicted molar refractivity (Wildman–Crippen MR) is 63.7 cm³/mol. The van der Waals surface area contributed by atoms with Crippen LogP contribution in [0, 0.1) is 0 Å². The molecule has 0 saturated carbocycles. The van der Waals surface area contributed by atoms with Gasteiger partial charge in [0.15, 0.2) is 0 Å². The minimum atomic E-state index is 0.269. The Labute approximate surface area is 94.1 Å². The second kappa shape index (κ2) is 4.57. The van der Waals surface area contributed by atoms with Crippen molar-refractivity contribution in [1.82, 2.24) is 9.97 Å². The molecule has 0 atom stereocenters. The van der Waals surface area contributed by atoms with Gasteiger partial charge in [0.2, 0.25) is 0 Å². The van der Waals surface area contributed by atoms with E-state index in [4.69, 9.17) is 0 Å². The molecule has 2 rings (SSSR count). The first-order valence-corrected chi connectivity index (χ1v) is 5.00. The SMILES string of the molecule is C/C(=C/c1ccccc1O)c1cnccn1. The highest BCUT2D eigenvalue weighted by molar-refractivity contribution is 5.80. The number of hydrogen-bond donors (Lipinski definition) is 1. The molecule has 0 fully saturated rings. The van der Waals surface area contributed by atoms with Gasteiger partial charge in [-0.15, -0.1) is 0 Å². The van der Waals surface area contributed by atoms with Crippen molar-refractivity contribution in [3.05, 3.63) is 54.1 Å². The summed E-state index contributed by atoms with van der Waals surface area (Å²) in [4.78, 5) is 8.20. The van der Waals surface area contributed by atoms with Crippen molar-refractivity contribution >= 4 is 11.6 Å². The van der Waals surface area contributed by atoms with Crippen LogP contribution >= 0.6 is 0 Å². The molecule has 0 saturated heterocycles. The van der Waals surface area contributed by atoms with Crippen molar-refractivity contribution in [2.75, 3.05) is 0 Å². The van der Waals surface area contributed by atoms with E-state index in [2.05, 4.69) is 9.97 Å². The third-order valence-electron chi connectivity index (χ3n) is 2.28. The summed E-state index contributed by atoms with van der Waals surface area (Å²) in [6, 6.07) is 7.20. The van der Waals surface area contributed by atoms with Gasteiger partial charge >= 0.3 is 0 Å². The fourth-order valence-corrected chi connectivity index (χ4v) is 1.42. The van der Waals surface area contributed by atoms with Crippen molar-refractivity contribution in [2.24, 2.45) is 0 Å². The van der Waals surface area contributed by atoms with E-state index in [1.165, 1.54) is 0 Å². The summed E-state index contributed by atoms with van der Waals surface area (Å²) >= 11 is 0. The van der Waals surface area contributed by atoms with Gasteiger partial charge in [-0.2, -0.15) is 0 Å². The number of para-hydroxylation sites is 1. The maximum atomic E-state index is 9.63. The lowest BCUT2D eigenvalue weighted by Gasteiger charge is -2.01. The number of hydrogen-bond acceptors (Lipinski definition) is 3. The molecule has 0 radical (unpaired) electrons. The Morgan fingerprint density at radius 2 is 2.06 bits per heavy atom. The van der Waals surface area contributed by atoms with Crippen LogP contribution in [-0.2, 0) is 0 Å². The second-order valence-electron chi connectivity index (χ2n) is 3.48. The number of nitrogens with zero attached hydrogens (tertiary/aromatic N) is 2. The van der Waals surface area contributed by atoms with Gasteiger partial charge in [-0.05, 0) is 24.6 Å². The number of phenolic OH excluding ortho intramolecular Hbond substituents is 1. The van der Waals surface area contributed by atoms with Crippen LogP contribution in [0.1, 0.15) is 18.2 Å². The highest BCUT2D eigenvalue weighted by Crippen LogP contribution is 2.21. The highest BCUT2D eigenvalue weighted by Gasteiger charge is 1.99. The summed E-state index contributed by atoms with van der Waals surface area (Å²) in [6.07, 6.45) is 6.87. The zero-order chi connectivity index (χ0) is 11.4. The van der Waals surface area contributed by atoms with Gasteiger partial charge in [0.25, 0.3) is 0 Å². The van der Waals surface area contributed by atoms with Crippen molar-refractivity contribution in [3.63, 3.8) is 0 Å². The lowest BCUT2D eigenvalue weighted by molar-refractivity contribution is 0.474. The summed E-state index contributed by atoms with van der Waals surface area (Å²) in [7, 11) is 0. The van der Waals surface area contributed by atoms with E-state index in [-0.39, 0.29) is 5.75 Å². The monoisotopic (exact) mass is 212 g/mol. The topological polar surface area (TPSA) is 46.0 Å². The summed E-state index contributed by atoms with van der Waals surface area (Å²) in [5.41, 5.74) is 2.56. The normalized spacial score (nSPS) is 11.4. The lowest BCUT2D eigenvalue weighted by Crippen LogP contribution is -1.86. The Morgan fingerprint density at radius 3 is 2.75 bits per heavy atom. The summed E-state index contributed by atoms with van der Waals surface area (Å²) in [5.74, 6) is 0.269. The molecule has 0 amide bonds. The van der Waals surface area contributed by atoms with Gasteiger partial charge in [0.05, 0.1) is 11.9 Å². The van der Waals surface area contributed by atoms with Gasteiger partial charge in [-0.3, -0.25) is 9.97 Å². The minimum absolute atomic E-state index is 0.269. The Hall–Kier alpha value is -2.16. The maximum Gasteiger partial charge on any atom is 0.122 e. The van der Waals surface area contributed by atoms with Crippen LogP contribution in [0.5, 0.6) is 5.75 Å². The Bertz CT molecular complexity index is 506. The Morgan fingerprint density at radius 1 is 1.25 bits per heavy atom. The van der Waals surface area contributed by atoms with E-state index in [9.17, 15) is 5.11 Å². The maximum absolute atomic E-state index is 9.63. The molecule has 0 unspecified atom stereocenters. The molecular formula is C13H12N2O. The average molecular weight is 212 g/mol. The molecule has 16 heavy (non-hydrogen) atoms. The minimum Gasteiger partial charge on any atom is -0.507 e. The molecule has 2 aromatic rings. The van der Waals surface area contributed by atoms with Gasteiger partial charge in [-0.1, -0.05) is 18.2 Å². The quantitative estimate of drug-likeness (QED) is 0.832. The molecule has 0 aliphatic rings. The van der Waals surface area contributed by atoms with Crippen molar-refractivity contribution < 1.29 is 5.11 Å². The van der Waals surface area contributed by atoms with E-state index in [1.54, 1.807) is 30.7 Å². The van der Waals surface area contributed by atoms with Crippen LogP contribution in [0.3, 0.4) is 0 Å². The fourth-order valence-electron chi connectivity index (χ4n) is 1.42. The predicted octanol–water partition coefficient (Wildman–Crippen LogP) is 2.74. The van der Waals surface area contributed by atoms with E-state index >= 15 is 0 Å². The van der Waals surface area contributed by atoms with E-state index in [1.807, 2.05) is 25.1 Å². The second-order valence-corrected chi connectivity index (χ2v) is 3.48. The van der Waals surface area contributed by atoms with Crippen molar-refractivity contribution in [2.45, 2.75) is 6.92 Å². The van der Waals surface area contributed by atoms with E-state index in [0.717, 1.165) is 16.8 Å². The molecule has 3 heteroatoms. The fraction of sp³-hybridized carbons (Fsp3) is 0.0769. The van der Waals surface area contributed by atoms with Crippen LogP contribution in [0.25, 0.3) is 11.6 Å². The standard InChI is InChI=1S/C13H12N2O/c1-10(12-9-14-6-7-15-12)8-11-4-2-3-5-13(11)16/h2-9,16H,1H3/b10-8-. The largest absolute Gasteiger partial charge is 0.507 e. The number of phenols is 1. The zero-order valence-corrected chi connectivity index (χ0v) is 8.96. The number of rotatable bonds is 2. The summed E-state index contributed by atoms with van der Waals surface area (Å²) < 4.78 is 0. The smallest absolute Gasteiger partial charge is 0.122 e. The third-order valence-corrected chi connectivity index (χ3v) is 2.28. The molecule has 0 aliphatic carbocycles. The molecular weight excluding hydrogens is 200 g/mol. The van der Waals surface area contributed by atoms with Crippen molar-refractivity contribution in [3.8, 4) is 5.75 Å². The molecule has 0 bridgehead atoms. The molecule has 1 N–H and O–H groups in total. The van der Waals surface area contributed by atoms with E-state index < -0.39 is 0 Å². The average Bonchev–Trinajstić information content (AvgIpc) is 2.33. The third kappa shape index (κ3) is 2.25. The highest BCUT2D eigenvalue weighted by atomic mass is 16.3. The number of benzene rings is 1. The molecule has 80 valence electrons. The molecule has 0 spiro atoms. The summed E-state index contributed by atoms with van der Waals surface area (Å²) in [5, 5.41) is 9.63. The Kier molecular flexibility index (Phi) is 2.96. The first kappa shape index (κ1) is 10.4. The molecule has 1 heterocycles. The van der Waals surface area contributed by atoms with E-state index in [0.29, 0.717) is 0 Å². The number of aromatic nitrogens is 2. The number of allylic oxidation sites excluding steroid dienone is 1. The van der Waals surface area contributed by atoms with Crippen LogP contribution in [0.4, 0.5) is 0 Å². The van der Waals surface area contributed by atoms with Gasteiger partial charge in [-0.25, -0.2) is 0 Å². The van der Waals surface area contributed by atoms with Gasteiger partial charge in [0, 0.05) is 18.0 Å². The van der Waals surface area contributed by atoms with Crippen LogP contribution < -0.4 is 0 Å². The lowest BCUT2D eigenvalue weighted by atomic mass is 10.1. The molecule has 0 aliphatic heterocycles. The van der Waals surface area contributed by atoms with Crippen LogP contribution in [0.15, 0.2) is 42.9 Å².